The van der Waals surface area contributed by atoms with E-state index in [1.165, 1.54) is 12.1 Å². The third-order valence-electron chi connectivity index (χ3n) is 6.23. The van der Waals surface area contributed by atoms with Crippen molar-refractivity contribution in [3.63, 3.8) is 0 Å². The van der Waals surface area contributed by atoms with E-state index in [9.17, 15) is 9.18 Å². The van der Waals surface area contributed by atoms with E-state index >= 15 is 0 Å². The normalized spacial score (nSPS) is 11.1. The van der Waals surface area contributed by atoms with Crippen LogP contribution in [0.2, 0.25) is 0 Å². The predicted molar refractivity (Wildman–Crippen MR) is 138 cm³/mol. The molecule has 6 heteroatoms. The minimum atomic E-state index is -0.301. The number of hydrogen-bond acceptors (Lipinski definition) is 3. The third kappa shape index (κ3) is 4.19. The number of amides is 1. The van der Waals surface area contributed by atoms with Crippen molar-refractivity contribution < 1.29 is 9.18 Å². The molecule has 0 radical (unpaired) electrons. The number of anilines is 1. The highest BCUT2D eigenvalue weighted by molar-refractivity contribution is 6.13. The van der Waals surface area contributed by atoms with E-state index in [0.717, 1.165) is 50.2 Å². The largest absolute Gasteiger partial charge is 0.321 e. The number of nitrogens with one attached hydrogen (secondary N) is 1. The molecule has 0 aliphatic carbocycles. The molecular formula is C29H25FN4O. The Morgan fingerprint density at radius 1 is 0.914 bits per heavy atom. The molecule has 35 heavy (non-hydrogen) atoms. The Morgan fingerprint density at radius 2 is 1.60 bits per heavy atom. The number of aromatic nitrogens is 3. The van der Waals surface area contributed by atoms with E-state index in [1.807, 2.05) is 58.0 Å². The van der Waals surface area contributed by atoms with Crippen LogP contribution in [-0.2, 0) is 0 Å². The van der Waals surface area contributed by atoms with E-state index in [4.69, 9.17) is 4.98 Å². The van der Waals surface area contributed by atoms with Crippen molar-refractivity contribution in [3.05, 3.63) is 107 Å². The number of hydrogen-bond donors (Lipinski definition) is 1. The lowest BCUT2D eigenvalue weighted by Gasteiger charge is -2.15. The van der Waals surface area contributed by atoms with Crippen molar-refractivity contribution in [2.75, 3.05) is 5.32 Å². The lowest BCUT2D eigenvalue weighted by atomic mass is 10.0. The molecule has 0 bridgehead atoms. The quantitative estimate of drug-likeness (QED) is 0.321. The molecule has 5 rings (SSSR count). The van der Waals surface area contributed by atoms with Gasteiger partial charge >= 0.3 is 0 Å². The number of para-hydroxylation sites is 1. The molecule has 1 N–H and O–H groups in total. The van der Waals surface area contributed by atoms with Gasteiger partial charge in [-0.25, -0.2) is 14.1 Å². The zero-order valence-corrected chi connectivity index (χ0v) is 20.1. The molecule has 0 unspecified atom stereocenters. The van der Waals surface area contributed by atoms with Gasteiger partial charge in [0.1, 0.15) is 5.82 Å². The molecule has 174 valence electrons. The van der Waals surface area contributed by atoms with Crippen LogP contribution in [0.5, 0.6) is 0 Å². The number of carbonyl (C=O) groups excluding carboxylic acids is 1. The lowest BCUT2D eigenvalue weighted by Crippen LogP contribution is -2.15. The Balaban J connectivity index is 1.60. The molecule has 0 saturated carbocycles. The molecule has 2 aromatic heterocycles. The van der Waals surface area contributed by atoms with Crippen molar-refractivity contribution in [3.8, 4) is 16.9 Å². The molecule has 0 saturated heterocycles. The van der Waals surface area contributed by atoms with Gasteiger partial charge in [-0.15, -0.1) is 0 Å². The van der Waals surface area contributed by atoms with Gasteiger partial charge in [0.25, 0.3) is 5.91 Å². The van der Waals surface area contributed by atoms with Gasteiger partial charge in [-0.3, -0.25) is 4.79 Å². The minimum Gasteiger partial charge on any atom is -0.321 e. The van der Waals surface area contributed by atoms with Crippen molar-refractivity contribution in [1.82, 2.24) is 14.8 Å². The second kappa shape index (κ2) is 8.80. The van der Waals surface area contributed by atoms with Gasteiger partial charge in [0.15, 0.2) is 0 Å². The summed E-state index contributed by atoms with van der Waals surface area (Å²) in [5, 5.41) is 8.40. The van der Waals surface area contributed by atoms with Crippen LogP contribution in [0.1, 0.15) is 32.7 Å². The van der Waals surface area contributed by atoms with Crippen LogP contribution in [0.15, 0.2) is 72.9 Å². The Kier molecular flexibility index (Phi) is 5.65. The molecule has 2 heterocycles. The zero-order chi connectivity index (χ0) is 24.7. The molecular weight excluding hydrogens is 439 g/mol. The first-order valence-electron chi connectivity index (χ1n) is 11.4. The smallest absolute Gasteiger partial charge is 0.256 e. The van der Waals surface area contributed by atoms with Crippen LogP contribution >= 0.6 is 0 Å². The molecule has 0 fully saturated rings. The van der Waals surface area contributed by atoms with E-state index in [0.29, 0.717) is 11.3 Å². The highest BCUT2D eigenvalue weighted by Gasteiger charge is 2.18. The average Bonchev–Trinajstić information content (AvgIpc) is 3.22. The van der Waals surface area contributed by atoms with Crippen LogP contribution in [0.25, 0.3) is 27.8 Å². The lowest BCUT2D eigenvalue weighted by molar-refractivity contribution is 0.102. The number of carbonyl (C=O) groups is 1. The Morgan fingerprint density at radius 3 is 2.31 bits per heavy atom. The summed E-state index contributed by atoms with van der Waals surface area (Å²) in [6, 6.07) is 19.7. The van der Waals surface area contributed by atoms with Crippen molar-refractivity contribution >= 4 is 22.5 Å². The van der Waals surface area contributed by atoms with E-state index < -0.39 is 0 Å². The van der Waals surface area contributed by atoms with Gasteiger partial charge in [-0.2, -0.15) is 5.10 Å². The first kappa shape index (κ1) is 22.5. The van der Waals surface area contributed by atoms with Gasteiger partial charge in [0.05, 0.1) is 34.4 Å². The van der Waals surface area contributed by atoms with E-state index in [-0.39, 0.29) is 11.7 Å². The number of pyridine rings is 1. The van der Waals surface area contributed by atoms with Crippen molar-refractivity contribution in [2.24, 2.45) is 0 Å². The summed E-state index contributed by atoms with van der Waals surface area (Å²) in [6.07, 6.45) is 1.73. The molecule has 0 aliphatic heterocycles. The number of benzene rings is 3. The van der Waals surface area contributed by atoms with Crippen molar-refractivity contribution in [2.45, 2.75) is 27.7 Å². The SMILES string of the molecule is Cc1cc(C)c(NC(=O)c2cc(-c3cnn(-c4ccc(F)cc4)c3C)nc3ccccc23)c(C)c1. The van der Waals surface area contributed by atoms with Gasteiger partial charge < -0.3 is 5.32 Å². The summed E-state index contributed by atoms with van der Waals surface area (Å²) in [5.74, 6) is -0.492. The Labute approximate surface area is 203 Å². The number of fused-ring (bicyclic) bond motifs is 1. The maximum Gasteiger partial charge on any atom is 0.256 e. The first-order valence-corrected chi connectivity index (χ1v) is 11.4. The summed E-state index contributed by atoms with van der Waals surface area (Å²) in [4.78, 5) is 18.4. The second-order valence-electron chi connectivity index (χ2n) is 8.83. The van der Waals surface area contributed by atoms with Gasteiger partial charge in [0.2, 0.25) is 0 Å². The summed E-state index contributed by atoms with van der Waals surface area (Å²) >= 11 is 0. The predicted octanol–water partition coefficient (Wildman–Crippen LogP) is 6.71. The maximum atomic E-state index is 13.5. The minimum absolute atomic E-state index is 0.191. The highest BCUT2D eigenvalue weighted by Crippen LogP contribution is 2.30. The van der Waals surface area contributed by atoms with E-state index in [1.54, 1.807) is 23.0 Å². The fourth-order valence-corrected chi connectivity index (χ4v) is 4.56. The van der Waals surface area contributed by atoms with Crippen molar-refractivity contribution in [1.29, 1.82) is 0 Å². The number of halogens is 1. The summed E-state index contributed by atoms with van der Waals surface area (Å²) < 4.78 is 15.1. The highest BCUT2D eigenvalue weighted by atomic mass is 19.1. The van der Waals surface area contributed by atoms with Gasteiger partial charge in [-0.1, -0.05) is 35.9 Å². The molecule has 0 aliphatic rings. The van der Waals surface area contributed by atoms with Crippen LogP contribution in [-0.4, -0.2) is 20.7 Å². The average molecular weight is 465 g/mol. The summed E-state index contributed by atoms with van der Waals surface area (Å²) in [5.41, 5.74) is 8.33. The third-order valence-corrected chi connectivity index (χ3v) is 6.23. The fraction of sp³-hybridized carbons (Fsp3) is 0.138. The topological polar surface area (TPSA) is 59.8 Å². The maximum absolute atomic E-state index is 13.5. The Hall–Kier alpha value is -4.32. The van der Waals surface area contributed by atoms with Crippen LogP contribution < -0.4 is 5.32 Å². The van der Waals surface area contributed by atoms with Crippen LogP contribution in [0.3, 0.4) is 0 Å². The number of nitrogens with zero attached hydrogens (tertiary/aromatic N) is 3. The standard InChI is InChI=1S/C29H25FN4O/c1-17-13-18(2)28(19(3)14-17)33-29(35)24-15-27(32-26-8-6-5-7-23(24)26)25-16-31-34(20(25)4)22-11-9-21(30)10-12-22/h5-16H,1-4H3,(H,33,35). The van der Waals surface area contributed by atoms with Gasteiger partial charge in [0, 0.05) is 16.6 Å². The molecule has 5 nitrogen and oxygen atoms in total. The monoisotopic (exact) mass is 464 g/mol. The molecule has 3 aromatic carbocycles. The molecule has 0 atom stereocenters. The number of aryl methyl sites for hydroxylation is 3. The second-order valence-corrected chi connectivity index (χ2v) is 8.83. The Bertz CT molecular complexity index is 1560. The zero-order valence-electron chi connectivity index (χ0n) is 20.1. The summed E-state index contributed by atoms with van der Waals surface area (Å²) in [7, 11) is 0. The molecule has 0 spiro atoms. The fourth-order valence-electron chi connectivity index (χ4n) is 4.56. The van der Waals surface area contributed by atoms with Crippen LogP contribution in [0.4, 0.5) is 10.1 Å². The first-order chi connectivity index (χ1) is 16.8. The molecule has 1 amide bonds. The van der Waals surface area contributed by atoms with Gasteiger partial charge in [-0.05, 0) is 75.2 Å². The molecule has 5 aromatic rings. The number of rotatable bonds is 4. The van der Waals surface area contributed by atoms with E-state index in [2.05, 4.69) is 22.5 Å². The summed E-state index contributed by atoms with van der Waals surface area (Å²) in [6.45, 7) is 7.97. The van der Waals surface area contributed by atoms with Crippen LogP contribution in [0, 0.1) is 33.5 Å².